The van der Waals surface area contributed by atoms with Gasteiger partial charge in [0.25, 0.3) is 0 Å². The zero-order valence-electron chi connectivity index (χ0n) is 6.35. The molecule has 6 nitrogen and oxygen atoms in total. The van der Waals surface area contributed by atoms with E-state index in [1.807, 2.05) is 0 Å². The Morgan fingerprint density at radius 1 is 1.62 bits per heavy atom. The Hall–Kier alpha value is -1.85. The summed E-state index contributed by atoms with van der Waals surface area (Å²) in [7, 11) is 0. The van der Waals surface area contributed by atoms with Crippen molar-refractivity contribution < 1.29 is 29.3 Å². The van der Waals surface area contributed by atoms with E-state index < -0.39 is 29.9 Å². The SMILES string of the molecule is O=C([O-])CC1(C(=O)O)C=CC(=O)O1. The molecular formula is C7H5O6-. The summed E-state index contributed by atoms with van der Waals surface area (Å²) in [6.07, 6.45) is 0.884. The van der Waals surface area contributed by atoms with Gasteiger partial charge in [0.05, 0.1) is 0 Å². The third-order valence-corrected chi connectivity index (χ3v) is 1.54. The predicted octanol–water partition coefficient (Wildman–Crippen LogP) is -1.94. The highest BCUT2D eigenvalue weighted by molar-refractivity contribution is 5.95. The first kappa shape index (κ1) is 9.24. The third-order valence-electron chi connectivity index (χ3n) is 1.54. The van der Waals surface area contributed by atoms with Crippen molar-refractivity contribution in [1.82, 2.24) is 0 Å². The molecule has 0 radical (unpaired) electrons. The number of carbonyl (C=O) groups excluding carboxylic acids is 2. The molecule has 1 aliphatic heterocycles. The summed E-state index contributed by atoms with van der Waals surface area (Å²) in [5, 5.41) is 18.8. The normalized spacial score (nSPS) is 25.7. The molecule has 0 aromatic heterocycles. The van der Waals surface area contributed by atoms with E-state index in [9.17, 15) is 19.5 Å². The minimum absolute atomic E-state index is 0.872. The monoisotopic (exact) mass is 185 g/mol. The average Bonchev–Trinajstić information content (AvgIpc) is 2.31. The van der Waals surface area contributed by atoms with Gasteiger partial charge < -0.3 is 19.7 Å². The van der Waals surface area contributed by atoms with Crippen LogP contribution in [0.3, 0.4) is 0 Å². The van der Waals surface area contributed by atoms with Gasteiger partial charge in [0.1, 0.15) is 0 Å². The van der Waals surface area contributed by atoms with Gasteiger partial charge in [0, 0.05) is 18.5 Å². The number of carboxylic acids is 2. The molecular weight excluding hydrogens is 180 g/mol. The maximum absolute atomic E-state index is 10.6. The van der Waals surface area contributed by atoms with E-state index in [1.165, 1.54) is 0 Å². The molecule has 70 valence electrons. The van der Waals surface area contributed by atoms with E-state index in [0.29, 0.717) is 0 Å². The fourth-order valence-corrected chi connectivity index (χ4v) is 0.950. The Bertz CT molecular complexity index is 304. The van der Waals surface area contributed by atoms with E-state index in [1.54, 1.807) is 0 Å². The van der Waals surface area contributed by atoms with Gasteiger partial charge >= 0.3 is 11.9 Å². The predicted molar refractivity (Wildman–Crippen MR) is 35.2 cm³/mol. The molecule has 0 spiro atoms. The van der Waals surface area contributed by atoms with Crippen LogP contribution in [0.15, 0.2) is 12.2 Å². The lowest BCUT2D eigenvalue weighted by molar-refractivity contribution is -0.308. The van der Waals surface area contributed by atoms with E-state index >= 15 is 0 Å². The maximum atomic E-state index is 10.6. The van der Waals surface area contributed by atoms with Gasteiger partial charge in [0.15, 0.2) is 0 Å². The molecule has 1 atom stereocenters. The molecule has 1 unspecified atom stereocenters. The zero-order valence-corrected chi connectivity index (χ0v) is 6.35. The van der Waals surface area contributed by atoms with Crippen LogP contribution in [-0.2, 0) is 19.1 Å². The van der Waals surface area contributed by atoms with E-state index in [0.717, 1.165) is 12.2 Å². The quantitative estimate of drug-likeness (QED) is 0.513. The first-order chi connectivity index (χ1) is 5.96. The van der Waals surface area contributed by atoms with Crippen LogP contribution in [0.1, 0.15) is 6.42 Å². The Balaban J connectivity index is 2.91. The summed E-state index contributed by atoms with van der Waals surface area (Å²) in [6.45, 7) is 0. The number of hydrogen-bond donors (Lipinski definition) is 1. The number of aliphatic carboxylic acids is 2. The average molecular weight is 185 g/mol. The van der Waals surface area contributed by atoms with Crippen molar-refractivity contribution >= 4 is 17.9 Å². The number of carbonyl (C=O) groups is 3. The number of ether oxygens (including phenoxy) is 1. The van der Waals surface area contributed by atoms with Crippen LogP contribution in [-0.4, -0.2) is 28.6 Å². The van der Waals surface area contributed by atoms with Crippen LogP contribution in [0.2, 0.25) is 0 Å². The third kappa shape index (κ3) is 1.66. The second kappa shape index (κ2) is 2.89. The van der Waals surface area contributed by atoms with Gasteiger partial charge in [-0.25, -0.2) is 9.59 Å². The second-order valence-corrected chi connectivity index (χ2v) is 2.50. The van der Waals surface area contributed by atoms with E-state index in [4.69, 9.17) is 5.11 Å². The van der Waals surface area contributed by atoms with Crippen molar-refractivity contribution in [2.24, 2.45) is 0 Å². The number of cyclic esters (lactones) is 1. The molecule has 6 heteroatoms. The lowest BCUT2D eigenvalue weighted by Gasteiger charge is -2.21. The van der Waals surface area contributed by atoms with E-state index in [-0.39, 0.29) is 0 Å². The van der Waals surface area contributed by atoms with Crippen molar-refractivity contribution in [2.75, 3.05) is 0 Å². The Labute approximate surface area is 72.4 Å². The maximum Gasteiger partial charge on any atom is 0.352 e. The lowest BCUT2D eigenvalue weighted by Crippen LogP contribution is -2.43. The van der Waals surface area contributed by atoms with Gasteiger partial charge in [0.2, 0.25) is 5.60 Å². The number of esters is 1. The summed E-state index contributed by atoms with van der Waals surface area (Å²) in [6, 6.07) is 0. The molecule has 0 aromatic carbocycles. The minimum Gasteiger partial charge on any atom is -0.550 e. The topological polar surface area (TPSA) is 104 Å². The van der Waals surface area contributed by atoms with Crippen molar-refractivity contribution in [3.05, 3.63) is 12.2 Å². The van der Waals surface area contributed by atoms with Crippen molar-refractivity contribution in [3.63, 3.8) is 0 Å². The minimum atomic E-state index is -2.09. The van der Waals surface area contributed by atoms with Gasteiger partial charge in [-0.2, -0.15) is 0 Å². The smallest absolute Gasteiger partial charge is 0.352 e. The fourth-order valence-electron chi connectivity index (χ4n) is 0.950. The largest absolute Gasteiger partial charge is 0.550 e. The molecule has 0 bridgehead atoms. The van der Waals surface area contributed by atoms with Gasteiger partial charge in [-0.05, 0) is 6.08 Å². The molecule has 0 saturated carbocycles. The molecule has 0 aliphatic carbocycles. The first-order valence-electron chi connectivity index (χ1n) is 3.32. The van der Waals surface area contributed by atoms with Crippen LogP contribution in [0.25, 0.3) is 0 Å². The Kier molecular flexibility index (Phi) is 2.05. The Morgan fingerprint density at radius 3 is 2.54 bits per heavy atom. The Morgan fingerprint density at radius 2 is 2.23 bits per heavy atom. The molecule has 1 rings (SSSR count). The van der Waals surface area contributed by atoms with E-state index in [2.05, 4.69) is 4.74 Å². The van der Waals surface area contributed by atoms with Crippen LogP contribution in [0, 0.1) is 0 Å². The fraction of sp³-hybridized carbons (Fsp3) is 0.286. The number of hydrogen-bond acceptors (Lipinski definition) is 5. The van der Waals surface area contributed by atoms with Crippen LogP contribution in [0.4, 0.5) is 0 Å². The number of rotatable bonds is 3. The van der Waals surface area contributed by atoms with Crippen LogP contribution < -0.4 is 5.11 Å². The molecule has 1 heterocycles. The van der Waals surface area contributed by atoms with Crippen molar-refractivity contribution in [3.8, 4) is 0 Å². The molecule has 0 aromatic rings. The summed E-state index contributed by atoms with van der Waals surface area (Å²) < 4.78 is 4.35. The summed E-state index contributed by atoms with van der Waals surface area (Å²) in [5.74, 6) is -4.00. The highest BCUT2D eigenvalue weighted by atomic mass is 16.6. The second-order valence-electron chi connectivity index (χ2n) is 2.50. The molecule has 1 aliphatic rings. The summed E-state index contributed by atoms with van der Waals surface area (Å²) in [4.78, 5) is 31.3. The molecule has 0 saturated heterocycles. The van der Waals surface area contributed by atoms with Gasteiger partial charge in [-0.15, -0.1) is 0 Å². The van der Waals surface area contributed by atoms with Crippen LogP contribution >= 0.6 is 0 Å². The van der Waals surface area contributed by atoms with Gasteiger partial charge in [-0.3, -0.25) is 0 Å². The molecule has 0 amide bonds. The highest BCUT2D eigenvalue weighted by Crippen LogP contribution is 2.23. The molecule has 0 fully saturated rings. The highest BCUT2D eigenvalue weighted by Gasteiger charge is 2.43. The summed E-state index contributed by atoms with van der Waals surface area (Å²) >= 11 is 0. The van der Waals surface area contributed by atoms with Crippen molar-refractivity contribution in [2.45, 2.75) is 12.0 Å². The van der Waals surface area contributed by atoms with Crippen LogP contribution in [0.5, 0.6) is 0 Å². The first-order valence-corrected chi connectivity index (χ1v) is 3.32. The van der Waals surface area contributed by atoms with Gasteiger partial charge in [-0.1, -0.05) is 0 Å². The lowest BCUT2D eigenvalue weighted by atomic mass is 10.0. The van der Waals surface area contributed by atoms with Crippen molar-refractivity contribution in [1.29, 1.82) is 0 Å². The standard InChI is InChI=1S/C7H6O6/c8-4(9)3-7(6(11)12)2-1-5(10)13-7/h1-2H,3H2,(H,8,9)(H,11,12)/p-1. The molecule has 1 N–H and O–H groups in total. The summed E-state index contributed by atoms with van der Waals surface area (Å²) in [5.41, 5.74) is -2.09. The molecule has 13 heavy (non-hydrogen) atoms. The zero-order chi connectivity index (χ0) is 10.1. The number of carboxylic acid groups (broad SMARTS) is 2.